The molecule has 31 heavy (non-hydrogen) atoms. The number of hydrogen-bond acceptors (Lipinski definition) is 7. The number of anilines is 1. The number of carbonyl (C=O) groups excluding carboxylic acids is 1. The van der Waals surface area contributed by atoms with Gasteiger partial charge in [-0.05, 0) is 55.9 Å². The Morgan fingerprint density at radius 2 is 2.16 bits per heavy atom. The first-order valence-electron chi connectivity index (χ1n) is 10.2. The van der Waals surface area contributed by atoms with Crippen molar-refractivity contribution in [2.45, 2.75) is 37.8 Å². The van der Waals surface area contributed by atoms with Gasteiger partial charge in [-0.2, -0.15) is 9.61 Å². The molecule has 0 aliphatic heterocycles. The van der Waals surface area contributed by atoms with E-state index in [0.717, 1.165) is 40.0 Å². The number of fused-ring (bicyclic) bond motifs is 8. The van der Waals surface area contributed by atoms with E-state index in [1.54, 1.807) is 22.2 Å². The third-order valence-corrected chi connectivity index (χ3v) is 7.77. The van der Waals surface area contributed by atoms with E-state index in [-0.39, 0.29) is 11.7 Å². The van der Waals surface area contributed by atoms with Gasteiger partial charge in [0.25, 0.3) is 5.78 Å². The molecule has 1 aliphatic carbocycles. The average molecular weight is 450 g/mol. The predicted octanol–water partition coefficient (Wildman–Crippen LogP) is 3.90. The first kappa shape index (κ1) is 18.8. The van der Waals surface area contributed by atoms with E-state index in [9.17, 15) is 4.79 Å². The second kappa shape index (κ2) is 7.31. The molecule has 0 unspecified atom stereocenters. The van der Waals surface area contributed by atoms with Crippen LogP contribution in [0.15, 0.2) is 35.7 Å². The quantitative estimate of drug-likeness (QED) is 0.419. The van der Waals surface area contributed by atoms with Gasteiger partial charge in [0.1, 0.15) is 11.2 Å². The van der Waals surface area contributed by atoms with E-state index in [1.165, 1.54) is 35.0 Å². The van der Waals surface area contributed by atoms with Gasteiger partial charge < -0.3 is 5.32 Å². The molecule has 1 amide bonds. The van der Waals surface area contributed by atoms with Gasteiger partial charge in [0.15, 0.2) is 10.8 Å². The molecule has 1 aliphatic rings. The molecular weight excluding hydrogens is 430 g/mol. The number of hydrogen-bond donors (Lipinski definition) is 1. The zero-order valence-electron chi connectivity index (χ0n) is 16.8. The third-order valence-electron chi connectivity index (χ3n) is 5.57. The number of thioether (sulfide) groups is 1. The second-order valence-corrected chi connectivity index (χ2v) is 9.74. The summed E-state index contributed by atoms with van der Waals surface area (Å²) in [4.78, 5) is 19.6. The largest absolute Gasteiger partial charge is 0.325 e. The molecule has 0 spiro atoms. The van der Waals surface area contributed by atoms with Gasteiger partial charge in [0.05, 0.1) is 11.1 Å². The van der Waals surface area contributed by atoms with Crippen molar-refractivity contribution in [1.29, 1.82) is 0 Å². The normalized spacial score (nSPS) is 13.8. The molecule has 0 saturated carbocycles. The Hall–Kier alpha value is -2.98. The molecule has 1 aromatic carbocycles. The number of aromatic nitrogens is 6. The standard InChI is InChI=1S/C21H19N7OS2/c1-12-5-4-6-13(9-12)24-16(29)10-30-21-26-25-20-27(21)19-17(18-22-11-23-28(18)20)14-7-2-3-8-15(14)31-19/h4-6,9,11H,2-3,7-8,10H2,1H3,(H,24,29). The molecule has 10 heteroatoms. The van der Waals surface area contributed by atoms with Crippen LogP contribution < -0.4 is 5.32 Å². The van der Waals surface area contributed by atoms with Crippen molar-refractivity contribution in [3.8, 4) is 0 Å². The summed E-state index contributed by atoms with van der Waals surface area (Å²) in [6.07, 6.45) is 6.14. The van der Waals surface area contributed by atoms with Gasteiger partial charge >= 0.3 is 0 Å². The molecule has 6 rings (SSSR count). The monoisotopic (exact) mass is 449 g/mol. The lowest BCUT2D eigenvalue weighted by atomic mass is 9.97. The van der Waals surface area contributed by atoms with Crippen LogP contribution in [-0.2, 0) is 17.6 Å². The Kier molecular flexibility index (Phi) is 4.43. The molecule has 0 saturated heterocycles. The highest BCUT2D eigenvalue weighted by molar-refractivity contribution is 7.99. The number of carbonyl (C=O) groups is 1. The van der Waals surface area contributed by atoms with Gasteiger partial charge in [0.2, 0.25) is 5.91 Å². The summed E-state index contributed by atoms with van der Waals surface area (Å²) < 4.78 is 3.79. The number of benzene rings is 1. The Morgan fingerprint density at radius 1 is 1.26 bits per heavy atom. The zero-order chi connectivity index (χ0) is 20.9. The van der Waals surface area contributed by atoms with E-state index in [0.29, 0.717) is 10.9 Å². The first-order valence-corrected chi connectivity index (χ1v) is 12.0. The van der Waals surface area contributed by atoms with E-state index in [4.69, 9.17) is 0 Å². The summed E-state index contributed by atoms with van der Waals surface area (Å²) in [7, 11) is 0. The maximum atomic E-state index is 12.5. The minimum Gasteiger partial charge on any atom is -0.325 e. The highest BCUT2D eigenvalue weighted by Crippen LogP contribution is 2.39. The molecule has 4 aromatic heterocycles. The lowest BCUT2D eigenvalue weighted by molar-refractivity contribution is -0.113. The molecule has 0 atom stereocenters. The SMILES string of the molecule is Cc1cccc(NC(=O)CSc2nnc3n4ncnc4c4c5c(sc4n23)CCCC5)c1. The average Bonchev–Trinajstić information content (AvgIpc) is 3.47. The molecule has 0 bridgehead atoms. The van der Waals surface area contributed by atoms with Crippen molar-refractivity contribution in [1.82, 2.24) is 29.2 Å². The topological polar surface area (TPSA) is 89.5 Å². The number of rotatable bonds is 4. The Balaban J connectivity index is 1.39. The molecular formula is C21H19N7OS2. The summed E-state index contributed by atoms with van der Waals surface area (Å²) in [5.41, 5.74) is 4.13. The van der Waals surface area contributed by atoms with E-state index in [2.05, 4.69) is 25.6 Å². The van der Waals surface area contributed by atoms with Crippen molar-refractivity contribution in [3.05, 3.63) is 46.6 Å². The molecule has 156 valence electrons. The third kappa shape index (κ3) is 3.09. The first-order chi connectivity index (χ1) is 15.2. The second-order valence-electron chi connectivity index (χ2n) is 7.71. The fourth-order valence-electron chi connectivity index (χ4n) is 4.22. The van der Waals surface area contributed by atoms with Crippen LogP contribution in [0.25, 0.3) is 21.6 Å². The van der Waals surface area contributed by atoms with Gasteiger partial charge in [-0.15, -0.1) is 21.5 Å². The predicted molar refractivity (Wildman–Crippen MR) is 122 cm³/mol. The number of thiophene rings is 1. The van der Waals surface area contributed by atoms with Gasteiger partial charge in [-0.3, -0.25) is 4.79 Å². The summed E-state index contributed by atoms with van der Waals surface area (Å²) in [6.45, 7) is 2.00. The van der Waals surface area contributed by atoms with Crippen LogP contribution >= 0.6 is 23.1 Å². The molecule has 0 radical (unpaired) electrons. The molecule has 0 fully saturated rings. The van der Waals surface area contributed by atoms with Crippen LogP contribution in [0.4, 0.5) is 5.69 Å². The summed E-state index contributed by atoms with van der Waals surface area (Å²) in [5.74, 6) is 0.799. The zero-order valence-corrected chi connectivity index (χ0v) is 18.5. The lowest BCUT2D eigenvalue weighted by Gasteiger charge is -2.10. The van der Waals surface area contributed by atoms with Crippen LogP contribution in [0.2, 0.25) is 0 Å². The number of aryl methyl sites for hydroxylation is 3. The number of nitrogens with zero attached hydrogens (tertiary/aromatic N) is 6. The smallest absolute Gasteiger partial charge is 0.260 e. The van der Waals surface area contributed by atoms with Crippen molar-refractivity contribution < 1.29 is 4.79 Å². The summed E-state index contributed by atoms with van der Waals surface area (Å²) in [6, 6.07) is 7.78. The molecule has 5 aromatic rings. The van der Waals surface area contributed by atoms with Gasteiger partial charge in [0, 0.05) is 10.6 Å². The minimum atomic E-state index is -0.0732. The number of nitrogens with one attached hydrogen (secondary N) is 1. The van der Waals surface area contributed by atoms with Crippen LogP contribution in [0.3, 0.4) is 0 Å². The highest BCUT2D eigenvalue weighted by Gasteiger charge is 2.24. The maximum Gasteiger partial charge on any atom is 0.260 e. The van der Waals surface area contributed by atoms with Gasteiger partial charge in [-0.1, -0.05) is 23.9 Å². The highest BCUT2D eigenvalue weighted by atomic mass is 32.2. The Labute approximate surface area is 185 Å². The maximum absolute atomic E-state index is 12.5. The fraction of sp³-hybridized carbons (Fsp3) is 0.286. The van der Waals surface area contributed by atoms with Crippen molar-refractivity contribution >= 4 is 56.3 Å². The molecule has 1 N–H and O–H groups in total. The fourth-order valence-corrected chi connectivity index (χ4v) is 6.39. The van der Waals surface area contributed by atoms with E-state index >= 15 is 0 Å². The van der Waals surface area contributed by atoms with Crippen LogP contribution in [0.5, 0.6) is 0 Å². The van der Waals surface area contributed by atoms with Crippen molar-refractivity contribution in [3.63, 3.8) is 0 Å². The van der Waals surface area contributed by atoms with E-state index < -0.39 is 0 Å². The Bertz CT molecular complexity index is 1470. The van der Waals surface area contributed by atoms with Crippen LogP contribution in [-0.4, -0.2) is 40.9 Å². The van der Waals surface area contributed by atoms with E-state index in [1.807, 2.05) is 35.6 Å². The van der Waals surface area contributed by atoms with Gasteiger partial charge in [-0.25, -0.2) is 9.38 Å². The van der Waals surface area contributed by atoms with Crippen LogP contribution in [0.1, 0.15) is 28.8 Å². The summed E-state index contributed by atoms with van der Waals surface area (Å²) in [5, 5.41) is 18.0. The van der Waals surface area contributed by atoms with Crippen molar-refractivity contribution in [2.24, 2.45) is 0 Å². The number of amides is 1. The minimum absolute atomic E-state index is 0.0732. The van der Waals surface area contributed by atoms with Crippen molar-refractivity contribution in [2.75, 3.05) is 11.1 Å². The van der Waals surface area contributed by atoms with Crippen LogP contribution in [0, 0.1) is 6.92 Å². The Morgan fingerprint density at radius 3 is 3.06 bits per heavy atom. The summed E-state index contributed by atoms with van der Waals surface area (Å²) >= 11 is 3.18. The lowest BCUT2D eigenvalue weighted by Crippen LogP contribution is -2.14. The molecule has 8 nitrogen and oxygen atoms in total. The molecule has 4 heterocycles.